The van der Waals surface area contributed by atoms with Crippen molar-refractivity contribution in [2.45, 2.75) is 6.92 Å². The Labute approximate surface area is 76.1 Å². The Morgan fingerprint density at radius 2 is 2.25 bits per heavy atom. The number of nitrogens with zero attached hydrogens (tertiary/aromatic N) is 1. The molecule has 60 valence electrons. The first kappa shape index (κ1) is 10.9. The molecule has 12 heavy (non-hydrogen) atoms. The molecule has 0 amide bonds. The molecule has 3 heteroatoms. The summed E-state index contributed by atoms with van der Waals surface area (Å²) in [6.07, 6.45) is 3.77. The predicted molar refractivity (Wildman–Crippen MR) is 61.5 cm³/mol. The van der Waals surface area contributed by atoms with E-state index in [1.165, 1.54) is 0 Å². The second-order valence-electron chi connectivity index (χ2n) is 2.63. The van der Waals surface area contributed by atoms with Gasteiger partial charge in [-0.1, -0.05) is 0 Å². The predicted octanol–water partition coefficient (Wildman–Crippen LogP) is 0.00840. The van der Waals surface area contributed by atoms with E-state index in [2.05, 4.69) is 24.8 Å². The molecule has 1 nitrogen and oxygen atoms in total. The van der Waals surface area contributed by atoms with E-state index < -0.39 is 0 Å². The van der Waals surface area contributed by atoms with Gasteiger partial charge in [-0.15, -0.1) is 0 Å². The van der Waals surface area contributed by atoms with Crippen molar-refractivity contribution in [2.75, 3.05) is 7.05 Å². The van der Waals surface area contributed by atoms with Crippen LogP contribution in [0.25, 0.3) is 0 Å². The second-order valence-corrected chi connectivity index (χ2v) is 2.63. The molecule has 0 spiro atoms. The number of rotatable bonds is 3. The average Bonchev–Trinajstić information content (AvgIpc) is 2.00. The molecule has 0 saturated heterocycles. The minimum absolute atomic E-state index is 0.916. The fourth-order valence-electron chi connectivity index (χ4n) is 0.797. The summed E-state index contributed by atoms with van der Waals surface area (Å²) < 4.78 is 0. The quantitative estimate of drug-likeness (QED) is 0.236. The van der Waals surface area contributed by atoms with Crippen LogP contribution in [0.15, 0.2) is 35.0 Å². The van der Waals surface area contributed by atoms with Crippen LogP contribution in [-0.2, 0) is 0 Å². The fourth-order valence-corrected chi connectivity index (χ4v) is 0.797. The van der Waals surface area contributed by atoms with Gasteiger partial charge in [0, 0.05) is 0 Å². The van der Waals surface area contributed by atoms with Crippen LogP contribution in [0, 0.1) is 0 Å². The topological polar surface area (TPSA) is 12.4 Å². The summed E-state index contributed by atoms with van der Waals surface area (Å²) in [7, 11) is 7.50. The summed E-state index contributed by atoms with van der Waals surface area (Å²) in [4.78, 5) is 4.08. The second kappa shape index (κ2) is 5.56. The summed E-state index contributed by atoms with van der Waals surface area (Å²) in [5.74, 6) is 0. The summed E-state index contributed by atoms with van der Waals surface area (Å²) >= 11 is 0. The molecular formula is C9H13B2N. The van der Waals surface area contributed by atoms with Crippen molar-refractivity contribution in [3.8, 4) is 0 Å². The van der Waals surface area contributed by atoms with Crippen LogP contribution in [0.5, 0.6) is 0 Å². The molecule has 0 aromatic carbocycles. The summed E-state index contributed by atoms with van der Waals surface area (Å²) in [5, 5.41) is 0.967. The summed E-state index contributed by atoms with van der Waals surface area (Å²) in [6, 6.07) is 0. The summed E-state index contributed by atoms with van der Waals surface area (Å²) in [6.45, 7) is 5.47. The van der Waals surface area contributed by atoms with Gasteiger partial charge >= 0.3 is 75.4 Å². The monoisotopic (exact) mass is 157 g/mol. The summed E-state index contributed by atoms with van der Waals surface area (Å²) in [5.41, 5.74) is 4.70. The van der Waals surface area contributed by atoms with Gasteiger partial charge in [0.15, 0.2) is 0 Å². The molecule has 0 aliphatic heterocycles. The van der Waals surface area contributed by atoms with E-state index in [0.717, 1.165) is 16.6 Å². The van der Waals surface area contributed by atoms with E-state index in [1.807, 2.05) is 26.9 Å². The van der Waals surface area contributed by atoms with Crippen LogP contribution in [0.2, 0.25) is 0 Å². The van der Waals surface area contributed by atoms with Gasteiger partial charge in [-0.2, -0.15) is 0 Å². The Morgan fingerprint density at radius 1 is 1.67 bits per heavy atom. The third kappa shape index (κ3) is 3.95. The van der Waals surface area contributed by atoms with Crippen LogP contribution < -0.4 is 0 Å². The van der Waals surface area contributed by atoms with Gasteiger partial charge in [-0.25, -0.2) is 0 Å². The molecule has 0 heterocycles. The molecule has 0 saturated carbocycles. The standard InChI is InChI=1S/C9H13B2N/c1-4-5-7(2)6-8(12-3)9(10)11/h5-6,10H,1,11H2,2-3H3/b7-6-,12-8+. The Morgan fingerprint density at radius 3 is 2.58 bits per heavy atom. The number of hydrogen-bond donors (Lipinski definition) is 0. The molecule has 0 aromatic heterocycles. The Bertz CT molecular complexity index is 281. The minimum atomic E-state index is 0.916. The Balaban J connectivity index is 4.71. The van der Waals surface area contributed by atoms with Gasteiger partial charge in [0.2, 0.25) is 0 Å². The first-order chi connectivity index (χ1) is 5.61. The van der Waals surface area contributed by atoms with Crippen molar-refractivity contribution in [3.63, 3.8) is 0 Å². The molecule has 0 rings (SSSR count). The third-order valence-corrected chi connectivity index (χ3v) is 1.37. The Kier molecular flexibility index (Phi) is 5.07. The molecule has 0 N–H and O–H groups in total. The van der Waals surface area contributed by atoms with Crippen molar-refractivity contribution in [3.05, 3.63) is 30.0 Å². The van der Waals surface area contributed by atoms with Crippen molar-refractivity contribution < 1.29 is 0 Å². The van der Waals surface area contributed by atoms with E-state index in [4.69, 9.17) is 0 Å². The average molecular weight is 157 g/mol. The fraction of sp³-hybridized carbons (Fsp3) is 0.222. The van der Waals surface area contributed by atoms with Gasteiger partial charge in [0.05, 0.1) is 0 Å². The zero-order valence-electron chi connectivity index (χ0n) is 8.02. The number of aliphatic imine (C=N–C) groups is 1. The molecule has 0 fully saturated rings. The van der Waals surface area contributed by atoms with E-state index in [-0.39, 0.29) is 0 Å². The third-order valence-electron chi connectivity index (χ3n) is 1.37. The number of allylic oxidation sites excluding steroid dienone is 3. The van der Waals surface area contributed by atoms with Crippen LogP contribution in [-0.4, -0.2) is 33.5 Å². The van der Waals surface area contributed by atoms with E-state index >= 15 is 0 Å². The van der Waals surface area contributed by atoms with Crippen molar-refractivity contribution >= 4 is 26.4 Å². The molecule has 0 radical (unpaired) electrons. The molecule has 0 unspecified atom stereocenters. The van der Waals surface area contributed by atoms with Crippen LogP contribution in [0.1, 0.15) is 6.92 Å². The first-order valence-electron chi connectivity index (χ1n) is 3.78. The Hall–Kier alpha value is -1.07. The van der Waals surface area contributed by atoms with Crippen molar-refractivity contribution in [1.82, 2.24) is 0 Å². The first-order valence-corrected chi connectivity index (χ1v) is 3.78. The van der Waals surface area contributed by atoms with E-state index in [0.29, 0.717) is 0 Å². The van der Waals surface area contributed by atoms with Gasteiger partial charge < -0.3 is 0 Å². The van der Waals surface area contributed by atoms with Crippen LogP contribution in [0.3, 0.4) is 0 Å². The zero-order valence-corrected chi connectivity index (χ0v) is 8.02. The normalized spacial score (nSPS) is 12.1. The molecule has 0 aromatic rings. The maximum atomic E-state index is 4.08. The van der Waals surface area contributed by atoms with Gasteiger partial charge in [-0.3, -0.25) is 0 Å². The molecule has 0 atom stereocenters. The van der Waals surface area contributed by atoms with Crippen molar-refractivity contribution in [1.29, 1.82) is 0 Å². The molecular weight excluding hydrogens is 144 g/mol. The number of hydrogen-bond acceptors (Lipinski definition) is 1. The molecule has 0 aliphatic carbocycles. The van der Waals surface area contributed by atoms with Gasteiger partial charge in [-0.05, 0) is 0 Å². The SMILES string of the molecule is B=C(B)C(/C=C(/C)C=C=C)=N/C. The van der Waals surface area contributed by atoms with Crippen molar-refractivity contribution in [2.24, 2.45) is 4.99 Å². The van der Waals surface area contributed by atoms with Gasteiger partial charge in [0.1, 0.15) is 0 Å². The molecule has 0 aliphatic rings. The van der Waals surface area contributed by atoms with E-state index in [1.54, 1.807) is 7.05 Å². The van der Waals surface area contributed by atoms with E-state index in [9.17, 15) is 0 Å². The van der Waals surface area contributed by atoms with Gasteiger partial charge in [0.25, 0.3) is 0 Å². The van der Waals surface area contributed by atoms with Crippen LogP contribution >= 0.6 is 0 Å². The van der Waals surface area contributed by atoms with Crippen LogP contribution in [0.4, 0.5) is 0 Å². The molecule has 0 bridgehead atoms. The zero-order chi connectivity index (χ0) is 9.56. The maximum absolute atomic E-state index is 4.08.